The van der Waals surface area contributed by atoms with Crippen LogP contribution in [-0.2, 0) is 16.2 Å². The lowest BCUT2D eigenvalue weighted by Gasteiger charge is -2.26. The highest BCUT2D eigenvalue weighted by molar-refractivity contribution is 6.39. The van der Waals surface area contributed by atoms with E-state index in [9.17, 15) is 18.8 Å². The number of hydrogen-bond donors (Lipinski definition) is 1. The van der Waals surface area contributed by atoms with E-state index in [-0.39, 0.29) is 34.4 Å². The number of ether oxygens (including phenoxy) is 2. The van der Waals surface area contributed by atoms with Crippen LogP contribution in [0.25, 0.3) is 6.08 Å². The molecule has 0 radical (unpaired) electrons. The van der Waals surface area contributed by atoms with Crippen LogP contribution in [0.2, 0.25) is 10.0 Å². The molecule has 4 rings (SSSR count). The first-order valence-corrected chi connectivity index (χ1v) is 10.9. The van der Waals surface area contributed by atoms with Gasteiger partial charge in [-0.25, -0.2) is 14.1 Å². The number of benzene rings is 3. The fourth-order valence-corrected chi connectivity index (χ4v) is 3.78. The lowest BCUT2D eigenvalue weighted by Crippen LogP contribution is -2.54. The van der Waals surface area contributed by atoms with Gasteiger partial charge in [-0.1, -0.05) is 41.4 Å². The summed E-state index contributed by atoms with van der Waals surface area (Å²) >= 11 is 12.3. The molecule has 0 bridgehead atoms. The molecule has 1 aliphatic rings. The number of nitrogens with one attached hydrogen (secondary N) is 1. The molecule has 10 heteroatoms. The van der Waals surface area contributed by atoms with Crippen LogP contribution in [0, 0.1) is 5.82 Å². The molecule has 0 spiro atoms. The van der Waals surface area contributed by atoms with Gasteiger partial charge in [-0.2, -0.15) is 0 Å². The molecule has 1 saturated heterocycles. The molecule has 1 fully saturated rings. The van der Waals surface area contributed by atoms with Crippen molar-refractivity contribution in [3.63, 3.8) is 0 Å². The molecule has 3 aromatic carbocycles. The normalized spacial score (nSPS) is 14.8. The van der Waals surface area contributed by atoms with Gasteiger partial charge in [0.05, 0.1) is 17.8 Å². The van der Waals surface area contributed by atoms with Crippen LogP contribution >= 0.6 is 23.2 Å². The molecule has 1 aliphatic heterocycles. The van der Waals surface area contributed by atoms with E-state index >= 15 is 0 Å². The Hall–Kier alpha value is -3.88. The Labute approximate surface area is 209 Å². The van der Waals surface area contributed by atoms with E-state index in [0.717, 1.165) is 4.90 Å². The Morgan fingerprint density at radius 3 is 2.43 bits per heavy atom. The highest BCUT2D eigenvalue weighted by atomic mass is 35.5. The van der Waals surface area contributed by atoms with Crippen LogP contribution in [0.4, 0.5) is 14.9 Å². The summed E-state index contributed by atoms with van der Waals surface area (Å²) in [5.41, 5.74) is 0.614. The van der Waals surface area contributed by atoms with E-state index in [1.807, 2.05) is 0 Å². The maximum Gasteiger partial charge on any atom is 0.335 e. The van der Waals surface area contributed by atoms with Crippen molar-refractivity contribution in [1.82, 2.24) is 5.32 Å². The molecule has 4 amide bonds. The van der Waals surface area contributed by atoms with Gasteiger partial charge >= 0.3 is 6.03 Å². The Morgan fingerprint density at radius 1 is 1.03 bits per heavy atom. The zero-order valence-electron chi connectivity index (χ0n) is 18.2. The molecular formula is C25H17Cl2FN2O5. The molecule has 1 heterocycles. The van der Waals surface area contributed by atoms with Crippen LogP contribution in [0.1, 0.15) is 11.1 Å². The van der Waals surface area contributed by atoms with E-state index in [1.165, 1.54) is 55.7 Å². The molecule has 0 saturated carbocycles. The van der Waals surface area contributed by atoms with Crippen molar-refractivity contribution in [2.45, 2.75) is 6.61 Å². The minimum absolute atomic E-state index is 0.0950. The third kappa shape index (κ3) is 5.13. The smallest absolute Gasteiger partial charge is 0.335 e. The Balaban J connectivity index is 1.64. The Bertz CT molecular complexity index is 1360. The first kappa shape index (κ1) is 24.3. The quantitative estimate of drug-likeness (QED) is 0.352. The zero-order valence-corrected chi connectivity index (χ0v) is 19.7. The molecule has 0 atom stereocenters. The number of carbonyl (C=O) groups excluding carboxylic acids is 3. The van der Waals surface area contributed by atoms with Gasteiger partial charge in [0.1, 0.15) is 18.0 Å². The van der Waals surface area contributed by atoms with Crippen LogP contribution in [0.3, 0.4) is 0 Å². The summed E-state index contributed by atoms with van der Waals surface area (Å²) in [6.45, 7) is -0.0950. The monoisotopic (exact) mass is 514 g/mol. The van der Waals surface area contributed by atoms with Gasteiger partial charge in [-0.15, -0.1) is 0 Å². The van der Waals surface area contributed by atoms with Crippen LogP contribution in [-0.4, -0.2) is 25.0 Å². The van der Waals surface area contributed by atoms with E-state index < -0.39 is 23.7 Å². The number of imide groups is 2. The van der Waals surface area contributed by atoms with Crippen molar-refractivity contribution < 1.29 is 28.2 Å². The van der Waals surface area contributed by atoms with Crippen molar-refractivity contribution in [3.05, 3.63) is 93.2 Å². The summed E-state index contributed by atoms with van der Waals surface area (Å²) < 4.78 is 25.0. The second-order valence-electron chi connectivity index (χ2n) is 7.35. The first-order chi connectivity index (χ1) is 16.8. The fraction of sp³-hybridized carbons (Fsp3) is 0.0800. The van der Waals surface area contributed by atoms with Crippen molar-refractivity contribution >= 4 is 52.8 Å². The van der Waals surface area contributed by atoms with Crippen molar-refractivity contribution in [2.75, 3.05) is 12.0 Å². The molecule has 0 unspecified atom stereocenters. The number of halogens is 3. The zero-order chi connectivity index (χ0) is 25.1. The summed E-state index contributed by atoms with van der Waals surface area (Å²) in [6, 6.07) is 14.2. The van der Waals surface area contributed by atoms with Gasteiger partial charge in [-0.3, -0.25) is 14.9 Å². The SMILES string of the molecule is COc1cc(/C=C2\C(=O)NC(=O)N(c3ccc(Cl)cc3)C2=O)cc(Cl)c1OCc1ccccc1F. The van der Waals surface area contributed by atoms with Crippen molar-refractivity contribution in [3.8, 4) is 11.5 Å². The molecule has 3 aromatic rings. The third-order valence-electron chi connectivity index (χ3n) is 5.08. The maximum absolute atomic E-state index is 13.9. The molecule has 0 aliphatic carbocycles. The number of nitrogens with zero attached hydrogens (tertiary/aromatic N) is 1. The second kappa shape index (κ2) is 10.2. The number of carbonyl (C=O) groups is 3. The molecule has 1 N–H and O–H groups in total. The van der Waals surface area contributed by atoms with Gasteiger partial charge in [-0.05, 0) is 54.1 Å². The average Bonchev–Trinajstić information content (AvgIpc) is 2.83. The number of amides is 4. The summed E-state index contributed by atoms with van der Waals surface area (Å²) in [5, 5.41) is 2.68. The summed E-state index contributed by atoms with van der Waals surface area (Å²) in [4.78, 5) is 38.7. The van der Waals surface area contributed by atoms with Crippen LogP contribution in [0.5, 0.6) is 11.5 Å². The average molecular weight is 515 g/mol. The lowest BCUT2D eigenvalue weighted by atomic mass is 10.1. The largest absolute Gasteiger partial charge is 0.493 e. The topological polar surface area (TPSA) is 84.9 Å². The molecule has 7 nitrogen and oxygen atoms in total. The standard InChI is InChI=1S/C25H17Cl2FN2O5/c1-34-21-12-14(11-19(27)22(21)35-13-15-4-2-3-5-20(15)28)10-18-23(31)29-25(33)30(24(18)32)17-8-6-16(26)7-9-17/h2-12H,13H2,1H3,(H,29,31,33)/b18-10+. The van der Waals surface area contributed by atoms with Gasteiger partial charge < -0.3 is 9.47 Å². The highest BCUT2D eigenvalue weighted by Crippen LogP contribution is 2.38. The number of methoxy groups -OCH3 is 1. The fourth-order valence-electron chi connectivity index (χ4n) is 3.38. The van der Waals surface area contributed by atoms with Crippen molar-refractivity contribution in [1.29, 1.82) is 0 Å². The number of barbiturate groups is 1. The number of hydrogen-bond acceptors (Lipinski definition) is 5. The van der Waals surface area contributed by atoms with Crippen molar-refractivity contribution in [2.24, 2.45) is 0 Å². The van der Waals surface area contributed by atoms with Crippen LogP contribution in [0.15, 0.2) is 66.2 Å². The van der Waals surface area contributed by atoms with Gasteiger partial charge in [0.2, 0.25) is 0 Å². The molecular weight excluding hydrogens is 498 g/mol. The summed E-state index contributed by atoms with van der Waals surface area (Å²) in [5.74, 6) is -1.74. The van der Waals surface area contributed by atoms with Gasteiger partial charge in [0, 0.05) is 10.6 Å². The maximum atomic E-state index is 13.9. The lowest BCUT2D eigenvalue weighted by molar-refractivity contribution is -0.122. The Kier molecular flexibility index (Phi) is 7.04. The highest BCUT2D eigenvalue weighted by Gasteiger charge is 2.36. The predicted octanol–water partition coefficient (Wildman–Crippen LogP) is 5.39. The molecule has 35 heavy (non-hydrogen) atoms. The van der Waals surface area contributed by atoms with Gasteiger partial charge in [0.15, 0.2) is 11.5 Å². The Morgan fingerprint density at radius 2 is 1.74 bits per heavy atom. The summed E-state index contributed by atoms with van der Waals surface area (Å²) in [7, 11) is 1.39. The number of urea groups is 1. The van der Waals surface area contributed by atoms with E-state index in [0.29, 0.717) is 16.1 Å². The van der Waals surface area contributed by atoms with E-state index in [4.69, 9.17) is 32.7 Å². The second-order valence-corrected chi connectivity index (χ2v) is 8.19. The van der Waals surface area contributed by atoms with E-state index in [2.05, 4.69) is 5.32 Å². The van der Waals surface area contributed by atoms with E-state index in [1.54, 1.807) is 18.2 Å². The number of anilines is 1. The molecule has 0 aromatic heterocycles. The van der Waals surface area contributed by atoms with Gasteiger partial charge in [0.25, 0.3) is 11.8 Å². The minimum atomic E-state index is -0.882. The summed E-state index contributed by atoms with van der Waals surface area (Å²) in [6.07, 6.45) is 1.28. The molecule has 178 valence electrons. The minimum Gasteiger partial charge on any atom is -0.493 e. The predicted molar refractivity (Wildman–Crippen MR) is 129 cm³/mol. The first-order valence-electron chi connectivity index (χ1n) is 10.2. The number of rotatable bonds is 6. The third-order valence-corrected chi connectivity index (χ3v) is 5.61. The van der Waals surface area contributed by atoms with Crippen LogP contribution < -0.4 is 19.7 Å².